The largest absolute Gasteiger partial charge is 0.359 e. The fourth-order valence-electron chi connectivity index (χ4n) is 2.44. The summed E-state index contributed by atoms with van der Waals surface area (Å²) >= 11 is 0. The van der Waals surface area contributed by atoms with Crippen LogP contribution in [0.3, 0.4) is 0 Å². The molecular formula is C11H18N2O. The summed E-state index contributed by atoms with van der Waals surface area (Å²) in [5, 5.41) is 6.07. The van der Waals surface area contributed by atoms with E-state index >= 15 is 0 Å². The van der Waals surface area contributed by atoms with E-state index in [4.69, 9.17) is 0 Å². The van der Waals surface area contributed by atoms with Crippen LogP contribution in [-0.2, 0) is 4.79 Å². The highest BCUT2D eigenvalue weighted by atomic mass is 16.1. The maximum absolute atomic E-state index is 11.0. The van der Waals surface area contributed by atoms with Crippen LogP contribution >= 0.6 is 0 Å². The van der Waals surface area contributed by atoms with Gasteiger partial charge in [-0.1, -0.05) is 12.2 Å². The van der Waals surface area contributed by atoms with E-state index in [1.54, 1.807) is 7.05 Å². The molecule has 2 rings (SSSR count). The van der Waals surface area contributed by atoms with Crippen LogP contribution in [0.1, 0.15) is 19.3 Å². The standard InChI is InChI=1S/C11H18N2O/c1-12-11(14)5-6-13-10-7-8-3-2-4-9(8)10/h2,4,8-10,13H,3,5-7H2,1H3,(H,12,14). The van der Waals surface area contributed by atoms with Crippen LogP contribution in [0.25, 0.3) is 0 Å². The molecule has 14 heavy (non-hydrogen) atoms. The van der Waals surface area contributed by atoms with Gasteiger partial charge in [0.15, 0.2) is 0 Å². The molecule has 2 aliphatic rings. The van der Waals surface area contributed by atoms with Gasteiger partial charge in [0, 0.05) is 26.1 Å². The zero-order valence-electron chi connectivity index (χ0n) is 8.62. The lowest BCUT2D eigenvalue weighted by molar-refractivity contribution is -0.120. The second-order valence-electron chi connectivity index (χ2n) is 4.22. The van der Waals surface area contributed by atoms with Crippen molar-refractivity contribution in [3.05, 3.63) is 12.2 Å². The Labute approximate surface area is 84.9 Å². The molecule has 1 amide bonds. The van der Waals surface area contributed by atoms with Crippen molar-refractivity contribution in [2.45, 2.75) is 25.3 Å². The third-order valence-electron chi connectivity index (χ3n) is 3.40. The number of carbonyl (C=O) groups excluding carboxylic acids is 1. The Bertz CT molecular complexity index is 250. The maximum Gasteiger partial charge on any atom is 0.221 e. The molecule has 3 nitrogen and oxygen atoms in total. The molecular weight excluding hydrogens is 176 g/mol. The highest BCUT2D eigenvalue weighted by molar-refractivity contribution is 5.75. The van der Waals surface area contributed by atoms with Crippen molar-refractivity contribution in [2.75, 3.05) is 13.6 Å². The second kappa shape index (κ2) is 4.13. The van der Waals surface area contributed by atoms with Crippen molar-refractivity contribution < 1.29 is 4.79 Å². The number of carbonyl (C=O) groups is 1. The highest BCUT2D eigenvalue weighted by Gasteiger charge is 2.40. The van der Waals surface area contributed by atoms with Crippen LogP contribution in [-0.4, -0.2) is 25.5 Å². The molecule has 0 radical (unpaired) electrons. The molecule has 0 saturated heterocycles. The molecule has 2 aliphatic carbocycles. The third-order valence-corrected chi connectivity index (χ3v) is 3.40. The van der Waals surface area contributed by atoms with E-state index in [1.165, 1.54) is 12.8 Å². The van der Waals surface area contributed by atoms with Gasteiger partial charge in [0.1, 0.15) is 0 Å². The molecule has 0 spiro atoms. The summed E-state index contributed by atoms with van der Waals surface area (Å²) in [6, 6.07) is 0.628. The first-order chi connectivity index (χ1) is 6.81. The fourth-order valence-corrected chi connectivity index (χ4v) is 2.44. The van der Waals surface area contributed by atoms with Gasteiger partial charge in [0.05, 0.1) is 0 Å². The first-order valence-corrected chi connectivity index (χ1v) is 5.42. The van der Waals surface area contributed by atoms with Gasteiger partial charge in [-0.2, -0.15) is 0 Å². The molecule has 78 valence electrons. The molecule has 0 aromatic rings. The molecule has 0 aromatic carbocycles. The van der Waals surface area contributed by atoms with E-state index in [-0.39, 0.29) is 5.91 Å². The second-order valence-corrected chi connectivity index (χ2v) is 4.22. The van der Waals surface area contributed by atoms with Crippen molar-refractivity contribution in [1.82, 2.24) is 10.6 Å². The summed E-state index contributed by atoms with van der Waals surface area (Å²) in [6.45, 7) is 0.807. The smallest absolute Gasteiger partial charge is 0.221 e. The monoisotopic (exact) mass is 194 g/mol. The summed E-state index contributed by atoms with van der Waals surface area (Å²) in [5.74, 6) is 1.77. The number of hydrogen-bond acceptors (Lipinski definition) is 2. The maximum atomic E-state index is 11.0. The van der Waals surface area contributed by atoms with Gasteiger partial charge >= 0.3 is 0 Å². The number of rotatable bonds is 4. The Morgan fingerprint density at radius 2 is 2.43 bits per heavy atom. The predicted molar refractivity (Wildman–Crippen MR) is 55.8 cm³/mol. The average Bonchev–Trinajstić information content (AvgIpc) is 2.54. The predicted octanol–water partition coefficient (Wildman–Crippen LogP) is 0.677. The number of nitrogens with one attached hydrogen (secondary N) is 2. The Kier molecular flexibility index (Phi) is 2.87. The van der Waals surface area contributed by atoms with Crippen LogP contribution in [0.5, 0.6) is 0 Å². The van der Waals surface area contributed by atoms with Gasteiger partial charge in [0.25, 0.3) is 0 Å². The zero-order valence-corrected chi connectivity index (χ0v) is 8.62. The lowest BCUT2D eigenvalue weighted by Gasteiger charge is -2.40. The van der Waals surface area contributed by atoms with E-state index in [9.17, 15) is 4.79 Å². The average molecular weight is 194 g/mol. The van der Waals surface area contributed by atoms with E-state index in [1.807, 2.05) is 0 Å². The normalized spacial score (nSPS) is 33.6. The number of fused-ring (bicyclic) bond motifs is 1. The minimum Gasteiger partial charge on any atom is -0.359 e. The summed E-state index contributed by atoms with van der Waals surface area (Å²) < 4.78 is 0. The Morgan fingerprint density at radius 1 is 1.57 bits per heavy atom. The van der Waals surface area contributed by atoms with Crippen LogP contribution in [0.2, 0.25) is 0 Å². The Hall–Kier alpha value is -0.830. The molecule has 0 aromatic heterocycles. The van der Waals surface area contributed by atoms with Crippen molar-refractivity contribution >= 4 is 5.91 Å². The third kappa shape index (κ3) is 1.82. The number of allylic oxidation sites excluding steroid dienone is 1. The van der Waals surface area contributed by atoms with E-state index < -0.39 is 0 Å². The SMILES string of the molecule is CNC(=O)CCNC1CC2CC=CC21. The topological polar surface area (TPSA) is 41.1 Å². The zero-order chi connectivity index (χ0) is 9.97. The van der Waals surface area contributed by atoms with Crippen LogP contribution in [0, 0.1) is 11.8 Å². The molecule has 0 bridgehead atoms. The quantitative estimate of drug-likeness (QED) is 0.646. The van der Waals surface area contributed by atoms with Crippen LogP contribution in [0.4, 0.5) is 0 Å². The Balaban J connectivity index is 1.63. The molecule has 3 unspecified atom stereocenters. The van der Waals surface area contributed by atoms with Crippen LogP contribution < -0.4 is 10.6 Å². The minimum absolute atomic E-state index is 0.121. The van der Waals surface area contributed by atoms with Gasteiger partial charge in [-0.25, -0.2) is 0 Å². The van der Waals surface area contributed by atoms with E-state index in [2.05, 4.69) is 22.8 Å². The molecule has 3 atom stereocenters. The molecule has 2 N–H and O–H groups in total. The van der Waals surface area contributed by atoms with Crippen molar-refractivity contribution in [3.63, 3.8) is 0 Å². The van der Waals surface area contributed by atoms with Gasteiger partial charge in [0.2, 0.25) is 5.91 Å². The van der Waals surface area contributed by atoms with Gasteiger partial charge in [-0.3, -0.25) is 4.79 Å². The number of hydrogen-bond donors (Lipinski definition) is 2. The van der Waals surface area contributed by atoms with Crippen LogP contribution in [0.15, 0.2) is 12.2 Å². The summed E-state index contributed by atoms with van der Waals surface area (Å²) in [4.78, 5) is 11.0. The highest BCUT2D eigenvalue weighted by Crippen LogP contribution is 2.42. The molecule has 1 saturated carbocycles. The summed E-state index contributed by atoms with van der Waals surface area (Å²) in [5.41, 5.74) is 0. The summed E-state index contributed by atoms with van der Waals surface area (Å²) in [7, 11) is 1.68. The molecule has 1 fully saturated rings. The van der Waals surface area contributed by atoms with Crippen molar-refractivity contribution in [3.8, 4) is 0 Å². The van der Waals surface area contributed by atoms with Crippen molar-refractivity contribution in [2.24, 2.45) is 11.8 Å². The lowest BCUT2D eigenvalue weighted by Crippen LogP contribution is -2.48. The van der Waals surface area contributed by atoms with Crippen molar-refractivity contribution in [1.29, 1.82) is 0 Å². The molecule has 0 aliphatic heterocycles. The summed E-state index contributed by atoms with van der Waals surface area (Å²) in [6.07, 6.45) is 7.75. The number of amides is 1. The van der Waals surface area contributed by atoms with Gasteiger partial charge < -0.3 is 10.6 Å². The van der Waals surface area contributed by atoms with E-state index in [0.29, 0.717) is 12.5 Å². The Morgan fingerprint density at radius 3 is 3.14 bits per heavy atom. The first-order valence-electron chi connectivity index (χ1n) is 5.42. The van der Waals surface area contributed by atoms with Gasteiger partial charge in [-0.15, -0.1) is 0 Å². The molecule has 3 heteroatoms. The first kappa shape index (κ1) is 9.71. The fraction of sp³-hybridized carbons (Fsp3) is 0.727. The lowest BCUT2D eigenvalue weighted by atomic mass is 9.71. The van der Waals surface area contributed by atoms with Gasteiger partial charge in [-0.05, 0) is 24.7 Å². The molecule has 0 heterocycles. The minimum atomic E-state index is 0.121. The van der Waals surface area contributed by atoms with E-state index in [0.717, 1.165) is 18.4 Å².